The minimum absolute atomic E-state index is 0.257. The van der Waals surface area contributed by atoms with Crippen LogP contribution in [0.1, 0.15) is 5.56 Å². The molecule has 2 rings (SSSR count). The summed E-state index contributed by atoms with van der Waals surface area (Å²) in [6.07, 6.45) is 4.12. The highest BCUT2D eigenvalue weighted by Gasteiger charge is 2.07. The van der Waals surface area contributed by atoms with Gasteiger partial charge < -0.3 is 19.3 Å². The zero-order valence-corrected chi connectivity index (χ0v) is 11.8. The Morgan fingerprint density at radius 1 is 1.36 bits per heavy atom. The van der Waals surface area contributed by atoms with E-state index in [2.05, 4.69) is 15.0 Å². The number of aromatic nitrogens is 1. The second-order valence-electron chi connectivity index (χ2n) is 4.15. The first kappa shape index (κ1) is 15.3. The summed E-state index contributed by atoms with van der Waals surface area (Å²) in [4.78, 5) is 23.0. The van der Waals surface area contributed by atoms with Gasteiger partial charge in [-0.3, -0.25) is 4.79 Å². The molecule has 0 fully saturated rings. The molecule has 1 heterocycles. The maximum Gasteiger partial charge on any atom is 0.331 e. The second kappa shape index (κ2) is 7.63. The van der Waals surface area contributed by atoms with Gasteiger partial charge in [0.2, 0.25) is 0 Å². The molecule has 0 unspecified atom stereocenters. The molecule has 0 aliphatic carbocycles. The molecule has 0 saturated carbocycles. The van der Waals surface area contributed by atoms with Crippen LogP contribution in [0.25, 0.3) is 6.08 Å². The van der Waals surface area contributed by atoms with Gasteiger partial charge in [0.05, 0.1) is 7.11 Å². The number of ether oxygens (including phenoxy) is 2. The molecular formula is C15H14N2O5. The van der Waals surface area contributed by atoms with E-state index in [0.717, 1.165) is 5.56 Å². The fraction of sp³-hybridized carbons (Fsp3) is 0.133. The molecule has 7 nitrogen and oxygen atoms in total. The van der Waals surface area contributed by atoms with Crippen molar-refractivity contribution in [1.82, 2.24) is 5.16 Å². The van der Waals surface area contributed by atoms with Gasteiger partial charge in [0.15, 0.2) is 12.4 Å². The summed E-state index contributed by atoms with van der Waals surface area (Å²) < 4.78 is 14.4. The van der Waals surface area contributed by atoms with E-state index < -0.39 is 18.5 Å². The number of benzene rings is 1. The van der Waals surface area contributed by atoms with Crippen LogP contribution in [-0.4, -0.2) is 30.7 Å². The first-order chi connectivity index (χ1) is 10.7. The van der Waals surface area contributed by atoms with Crippen LogP contribution in [0.3, 0.4) is 0 Å². The summed E-state index contributed by atoms with van der Waals surface area (Å²) in [5.74, 6) is -0.189. The molecule has 1 aromatic heterocycles. The lowest BCUT2D eigenvalue weighted by Crippen LogP contribution is -2.20. The fourth-order valence-electron chi connectivity index (χ4n) is 1.55. The quantitative estimate of drug-likeness (QED) is 0.647. The summed E-state index contributed by atoms with van der Waals surface area (Å²) in [5.41, 5.74) is 0.781. The smallest absolute Gasteiger partial charge is 0.331 e. The molecule has 1 N–H and O–H groups in total. The standard InChI is InChI=1S/C15H14N2O5/c1-20-12-4-2-3-11(9-12)5-6-15(19)21-10-14(18)16-13-7-8-22-17-13/h2-9H,10H2,1H3,(H,16,17,18)/b6-5+. The molecule has 0 atom stereocenters. The fourth-order valence-corrected chi connectivity index (χ4v) is 1.55. The van der Waals surface area contributed by atoms with Gasteiger partial charge >= 0.3 is 5.97 Å². The van der Waals surface area contributed by atoms with Gasteiger partial charge in [-0.05, 0) is 23.8 Å². The maximum absolute atomic E-state index is 11.5. The number of hydrogen-bond donors (Lipinski definition) is 1. The minimum Gasteiger partial charge on any atom is -0.497 e. The van der Waals surface area contributed by atoms with Gasteiger partial charge in [0, 0.05) is 12.1 Å². The number of nitrogens with one attached hydrogen (secondary N) is 1. The van der Waals surface area contributed by atoms with Crippen molar-refractivity contribution in [3.05, 3.63) is 48.2 Å². The van der Waals surface area contributed by atoms with Gasteiger partial charge in [-0.1, -0.05) is 17.3 Å². The van der Waals surface area contributed by atoms with Gasteiger partial charge in [-0.25, -0.2) is 4.79 Å². The number of carbonyl (C=O) groups is 2. The van der Waals surface area contributed by atoms with Crippen LogP contribution >= 0.6 is 0 Å². The molecular weight excluding hydrogens is 288 g/mol. The molecule has 1 amide bonds. The molecule has 7 heteroatoms. The van der Waals surface area contributed by atoms with E-state index in [-0.39, 0.29) is 5.82 Å². The Morgan fingerprint density at radius 2 is 2.23 bits per heavy atom. The number of nitrogens with zero attached hydrogens (tertiary/aromatic N) is 1. The summed E-state index contributed by atoms with van der Waals surface area (Å²) in [5, 5.41) is 5.91. The Bertz CT molecular complexity index is 664. The predicted octanol–water partition coefficient (Wildman–Crippen LogP) is 1.88. The Balaban J connectivity index is 1.79. The van der Waals surface area contributed by atoms with E-state index in [1.165, 1.54) is 18.4 Å². The van der Waals surface area contributed by atoms with Crippen molar-refractivity contribution in [2.24, 2.45) is 0 Å². The number of hydrogen-bond acceptors (Lipinski definition) is 6. The van der Waals surface area contributed by atoms with Crippen LogP contribution in [0, 0.1) is 0 Å². The highest BCUT2D eigenvalue weighted by Crippen LogP contribution is 2.13. The molecule has 0 bridgehead atoms. The van der Waals surface area contributed by atoms with Gasteiger partial charge in [0.1, 0.15) is 12.0 Å². The number of amides is 1. The minimum atomic E-state index is -0.627. The molecule has 0 aliphatic rings. The zero-order chi connectivity index (χ0) is 15.8. The van der Waals surface area contributed by atoms with Crippen LogP contribution in [0.5, 0.6) is 5.75 Å². The van der Waals surface area contributed by atoms with Crippen LogP contribution < -0.4 is 10.1 Å². The van der Waals surface area contributed by atoms with Crippen molar-refractivity contribution in [2.75, 3.05) is 19.0 Å². The average molecular weight is 302 g/mol. The third-order valence-corrected chi connectivity index (χ3v) is 2.56. The molecule has 0 spiro atoms. The van der Waals surface area contributed by atoms with Crippen LogP contribution in [0.2, 0.25) is 0 Å². The van der Waals surface area contributed by atoms with E-state index in [1.54, 1.807) is 31.4 Å². The molecule has 22 heavy (non-hydrogen) atoms. The summed E-state index contributed by atoms with van der Waals surface area (Å²) >= 11 is 0. The van der Waals surface area contributed by atoms with E-state index in [9.17, 15) is 9.59 Å². The van der Waals surface area contributed by atoms with Crippen LogP contribution in [0.4, 0.5) is 5.82 Å². The van der Waals surface area contributed by atoms with E-state index in [4.69, 9.17) is 9.47 Å². The molecule has 0 radical (unpaired) electrons. The van der Waals surface area contributed by atoms with Crippen molar-refractivity contribution in [3.8, 4) is 5.75 Å². The molecule has 114 valence electrons. The number of methoxy groups -OCH3 is 1. The van der Waals surface area contributed by atoms with Gasteiger partial charge in [0.25, 0.3) is 5.91 Å². The van der Waals surface area contributed by atoms with Crippen LogP contribution in [-0.2, 0) is 14.3 Å². The van der Waals surface area contributed by atoms with Gasteiger partial charge in [-0.2, -0.15) is 0 Å². The molecule has 0 aliphatic heterocycles. The second-order valence-corrected chi connectivity index (χ2v) is 4.15. The molecule has 1 aromatic carbocycles. The van der Waals surface area contributed by atoms with E-state index in [0.29, 0.717) is 5.75 Å². The number of esters is 1. The SMILES string of the molecule is COc1cccc(/C=C/C(=O)OCC(=O)Nc2ccon2)c1. The summed E-state index contributed by atoms with van der Waals surface area (Å²) in [6, 6.07) is 8.64. The Morgan fingerprint density at radius 3 is 2.95 bits per heavy atom. The highest BCUT2D eigenvalue weighted by molar-refractivity contribution is 5.93. The van der Waals surface area contributed by atoms with Gasteiger partial charge in [-0.15, -0.1) is 0 Å². The lowest BCUT2D eigenvalue weighted by molar-refractivity contribution is -0.142. The predicted molar refractivity (Wildman–Crippen MR) is 78.1 cm³/mol. The normalized spacial score (nSPS) is 10.4. The van der Waals surface area contributed by atoms with Crippen molar-refractivity contribution in [1.29, 1.82) is 0 Å². The number of anilines is 1. The lowest BCUT2D eigenvalue weighted by Gasteiger charge is -2.02. The van der Waals surface area contributed by atoms with E-state index in [1.807, 2.05) is 6.07 Å². The number of rotatable bonds is 6. The van der Waals surface area contributed by atoms with E-state index >= 15 is 0 Å². The Hall–Kier alpha value is -3.09. The Labute approximate surface area is 126 Å². The zero-order valence-electron chi connectivity index (χ0n) is 11.8. The number of carbonyl (C=O) groups excluding carboxylic acids is 2. The molecule has 2 aromatic rings. The third kappa shape index (κ3) is 4.78. The summed E-state index contributed by atoms with van der Waals surface area (Å²) in [7, 11) is 1.56. The van der Waals surface area contributed by atoms with Crippen LogP contribution in [0.15, 0.2) is 47.2 Å². The lowest BCUT2D eigenvalue weighted by atomic mass is 10.2. The first-order valence-corrected chi connectivity index (χ1v) is 6.36. The summed E-state index contributed by atoms with van der Waals surface area (Å²) in [6.45, 7) is -0.409. The maximum atomic E-state index is 11.5. The topological polar surface area (TPSA) is 90.7 Å². The molecule has 0 saturated heterocycles. The largest absolute Gasteiger partial charge is 0.497 e. The Kier molecular flexibility index (Phi) is 5.31. The monoisotopic (exact) mass is 302 g/mol. The average Bonchev–Trinajstić information content (AvgIpc) is 3.04. The first-order valence-electron chi connectivity index (χ1n) is 6.36. The van der Waals surface area contributed by atoms with Crippen molar-refractivity contribution in [3.63, 3.8) is 0 Å². The highest BCUT2D eigenvalue weighted by atomic mass is 16.5. The van der Waals surface area contributed by atoms with Crippen molar-refractivity contribution in [2.45, 2.75) is 0 Å². The van der Waals surface area contributed by atoms with Crippen molar-refractivity contribution < 1.29 is 23.6 Å². The van der Waals surface area contributed by atoms with Crippen molar-refractivity contribution >= 4 is 23.8 Å². The third-order valence-electron chi connectivity index (χ3n) is 2.56.